The Morgan fingerprint density at radius 1 is 1.24 bits per heavy atom. The SMILES string of the molecule is Cc1cc(/C=N\N2CCN(C)CC2)c(C)n1-c1nccs1. The van der Waals surface area contributed by atoms with Gasteiger partial charge < -0.3 is 4.90 Å². The first-order valence-electron chi connectivity index (χ1n) is 7.21. The number of likely N-dealkylation sites (N-methyl/N-ethyl adjacent to an activating group) is 1. The number of aryl methyl sites for hydroxylation is 1. The van der Waals surface area contributed by atoms with Crippen LogP contribution in [-0.4, -0.2) is 58.9 Å². The molecule has 0 aromatic carbocycles. The molecule has 5 nitrogen and oxygen atoms in total. The van der Waals surface area contributed by atoms with Crippen LogP contribution in [0.25, 0.3) is 5.13 Å². The lowest BCUT2D eigenvalue weighted by molar-refractivity contribution is 0.159. The summed E-state index contributed by atoms with van der Waals surface area (Å²) in [6.07, 6.45) is 3.83. The predicted molar refractivity (Wildman–Crippen MR) is 87.6 cm³/mol. The van der Waals surface area contributed by atoms with Gasteiger partial charge in [-0.2, -0.15) is 5.10 Å². The first-order valence-corrected chi connectivity index (χ1v) is 8.09. The molecule has 0 N–H and O–H groups in total. The van der Waals surface area contributed by atoms with E-state index in [2.05, 4.69) is 51.5 Å². The zero-order valence-electron chi connectivity index (χ0n) is 12.8. The van der Waals surface area contributed by atoms with Crippen molar-refractivity contribution in [3.63, 3.8) is 0 Å². The fraction of sp³-hybridized carbons (Fsp3) is 0.467. The molecule has 3 heterocycles. The minimum absolute atomic E-state index is 0.998. The van der Waals surface area contributed by atoms with Gasteiger partial charge in [0.25, 0.3) is 0 Å². The minimum atomic E-state index is 0.998. The Hall–Kier alpha value is -1.66. The van der Waals surface area contributed by atoms with Crippen molar-refractivity contribution in [1.82, 2.24) is 19.5 Å². The van der Waals surface area contributed by atoms with E-state index in [-0.39, 0.29) is 0 Å². The molecule has 1 saturated heterocycles. The van der Waals surface area contributed by atoms with Gasteiger partial charge in [0.1, 0.15) is 0 Å². The van der Waals surface area contributed by atoms with Gasteiger partial charge in [-0.3, -0.25) is 9.58 Å². The van der Waals surface area contributed by atoms with Gasteiger partial charge in [0.2, 0.25) is 0 Å². The van der Waals surface area contributed by atoms with Crippen molar-refractivity contribution >= 4 is 17.6 Å². The third-order valence-corrected chi connectivity index (χ3v) is 4.68. The Balaban J connectivity index is 1.79. The van der Waals surface area contributed by atoms with E-state index in [1.54, 1.807) is 11.3 Å². The molecule has 0 bridgehead atoms. The van der Waals surface area contributed by atoms with Gasteiger partial charge in [0, 0.05) is 54.7 Å². The Labute approximate surface area is 129 Å². The number of thiazole rings is 1. The normalized spacial score (nSPS) is 17.0. The van der Waals surface area contributed by atoms with Gasteiger partial charge in [-0.25, -0.2) is 4.98 Å². The molecule has 3 rings (SSSR count). The summed E-state index contributed by atoms with van der Waals surface area (Å²) in [5.74, 6) is 0. The third-order valence-electron chi connectivity index (χ3n) is 3.92. The van der Waals surface area contributed by atoms with Crippen molar-refractivity contribution in [3.05, 3.63) is 34.6 Å². The van der Waals surface area contributed by atoms with E-state index in [1.165, 1.54) is 17.0 Å². The van der Waals surface area contributed by atoms with Crippen LogP contribution in [0.3, 0.4) is 0 Å². The van der Waals surface area contributed by atoms with E-state index < -0.39 is 0 Å². The number of rotatable bonds is 3. The number of nitrogens with zero attached hydrogens (tertiary/aromatic N) is 5. The third kappa shape index (κ3) is 3.01. The van der Waals surface area contributed by atoms with Crippen molar-refractivity contribution in [3.8, 4) is 5.13 Å². The van der Waals surface area contributed by atoms with Crippen molar-refractivity contribution in [2.24, 2.45) is 5.10 Å². The van der Waals surface area contributed by atoms with E-state index in [0.29, 0.717) is 0 Å². The Kier molecular flexibility index (Phi) is 4.07. The maximum Gasteiger partial charge on any atom is 0.193 e. The van der Waals surface area contributed by atoms with Crippen molar-refractivity contribution < 1.29 is 0 Å². The monoisotopic (exact) mass is 303 g/mol. The fourth-order valence-electron chi connectivity index (χ4n) is 2.59. The molecule has 112 valence electrons. The molecule has 0 amide bonds. The van der Waals surface area contributed by atoms with Crippen molar-refractivity contribution in [2.45, 2.75) is 13.8 Å². The van der Waals surface area contributed by atoms with Gasteiger partial charge in [-0.1, -0.05) is 0 Å². The van der Waals surface area contributed by atoms with Gasteiger partial charge in [-0.05, 0) is 27.0 Å². The van der Waals surface area contributed by atoms with Gasteiger partial charge in [0.15, 0.2) is 5.13 Å². The Bertz CT molecular complexity index is 621. The molecular formula is C15H21N5S. The summed E-state index contributed by atoms with van der Waals surface area (Å²) in [6.45, 7) is 8.39. The quantitative estimate of drug-likeness (QED) is 0.815. The standard InChI is InChI=1S/C15H21N5S/c1-12-10-14(11-17-19-7-5-18(3)6-8-19)13(2)20(12)15-16-4-9-21-15/h4,9-11H,5-8H2,1-3H3/b17-11-. The summed E-state index contributed by atoms with van der Waals surface area (Å²) in [5, 5.41) is 9.81. The summed E-state index contributed by atoms with van der Waals surface area (Å²) in [6, 6.07) is 2.18. The van der Waals surface area contributed by atoms with Crippen LogP contribution in [0.1, 0.15) is 17.0 Å². The van der Waals surface area contributed by atoms with Crippen LogP contribution >= 0.6 is 11.3 Å². The van der Waals surface area contributed by atoms with Crippen molar-refractivity contribution in [2.75, 3.05) is 33.2 Å². The largest absolute Gasteiger partial charge is 0.303 e. The highest BCUT2D eigenvalue weighted by molar-refractivity contribution is 7.12. The smallest absolute Gasteiger partial charge is 0.193 e. The highest BCUT2D eigenvalue weighted by Gasteiger charge is 2.13. The number of hydrogen-bond acceptors (Lipinski definition) is 5. The highest BCUT2D eigenvalue weighted by atomic mass is 32.1. The Morgan fingerprint density at radius 3 is 2.67 bits per heavy atom. The van der Waals surface area contributed by atoms with Crippen LogP contribution < -0.4 is 0 Å². The average Bonchev–Trinajstić information content (AvgIpc) is 3.07. The Morgan fingerprint density at radius 2 is 2.00 bits per heavy atom. The summed E-state index contributed by atoms with van der Waals surface area (Å²) >= 11 is 1.66. The van der Waals surface area contributed by atoms with E-state index >= 15 is 0 Å². The summed E-state index contributed by atoms with van der Waals surface area (Å²) < 4.78 is 2.19. The molecule has 0 spiro atoms. The summed E-state index contributed by atoms with van der Waals surface area (Å²) in [5.41, 5.74) is 3.56. The van der Waals surface area contributed by atoms with Crippen LogP contribution in [0.15, 0.2) is 22.7 Å². The van der Waals surface area contributed by atoms with Crippen LogP contribution in [0, 0.1) is 13.8 Å². The number of aromatic nitrogens is 2. The second kappa shape index (κ2) is 5.99. The number of piperazine rings is 1. The van der Waals surface area contributed by atoms with E-state index in [0.717, 1.165) is 31.3 Å². The van der Waals surface area contributed by atoms with Crippen molar-refractivity contribution in [1.29, 1.82) is 0 Å². The van der Waals surface area contributed by atoms with E-state index in [9.17, 15) is 0 Å². The molecule has 2 aromatic heterocycles. The lowest BCUT2D eigenvalue weighted by Gasteiger charge is -2.30. The summed E-state index contributed by atoms with van der Waals surface area (Å²) in [4.78, 5) is 6.73. The lowest BCUT2D eigenvalue weighted by Crippen LogP contribution is -2.41. The molecule has 6 heteroatoms. The molecular weight excluding hydrogens is 282 g/mol. The fourth-order valence-corrected chi connectivity index (χ4v) is 3.35. The number of hydrazone groups is 1. The van der Waals surface area contributed by atoms with Crippen LogP contribution in [0.5, 0.6) is 0 Å². The second-order valence-electron chi connectivity index (χ2n) is 5.48. The predicted octanol–water partition coefficient (Wildman–Crippen LogP) is 2.13. The zero-order chi connectivity index (χ0) is 14.8. The number of hydrogen-bond donors (Lipinski definition) is 0. The molecule has 0 atom stereocenters. The van der Waals surface area contributed by atoms with E-state index in [4.69, 9.17) is 0 Å². The molecule has 2 aromatic rings. The van der Waals surface area contributed by atoms with Gasteiger partial charge in [-0.15, -0.1) is 11.3 Å². The molecule has 0 radical (unpaired) electrons. The molecule has 1 aliphatic heterocycles. The van der Waals surface area contributed by atoms with Crippen LogP contribution in [-0.2, 0) is 0 Å². The van der Waals surface area contributed by atoms with Gasteiger partial charge >= 0.3 is 0 Å². The first-order chi connectivity index (χ1) is 10.1. The lowest BCUT2D eigenvalue weighted by atomic mass is 10.3. The average molecular weight is 303 g/mol. The molecule has 0 unspecified atom stereocenters. The van der Waals surface area contributed by atoms with Crippen LogP contribution in [0.4, 0.5) is 0 Å². The highest BCUT2D eigenvalue weighted by Crippen LogP contribution is 2.21. The maximum absolute atomic E-state index is 4.64. The maximum atomic E-state index is 4.64. The zero-order valence-corrected chi connectivity index (χ0v) is 13.6. The topological polar surface area (TPSA) is 36.7 Å². The van der Waals surface area contributed by atoms with Gasteiger partial charge in [0.05, 0.1) is 6.21 Å². The first kappa shape index (κ1) is 14.3. The summed E-state index contributed by atoms with van der Waals surface area (Å²) in [7, 11) is 2.16. The van der Waals surface area contributed by atoms with Crippen LogP contribution in [0.2, 0.25) is 0 Å². The second-order valence-corrected chi connectivity index (χ2v) is 6.35. The molecule has 0 aliphatic carbocycles. The molecule has 0 saturated carbocycles. The molecule has 1 fully saturated rings. The minimum Gasteiger partial charge on any atom is -0.303 e. The molecule has 1 aliphatic rings. The molecule has 21 heavy (non-hydrogen) atoms. The van der Waals surface area contributed by atoms with E-state index in [1.807, 2.05) is 17.8 Å².